The van der Waals surface area contributed by atoms with Crippen LogP contribution in [0.15, 0.2) is 102 Å². The molecule has 0 bridgehead atoms. The van der Waals surface area contributed by atoms with Crippen LogP contribution in [-0.4, -0.2) is 142 Å². The van der Waals surface area contributed by atoms with Crippen LogP contribution >= 0.6 is 0 Å². The van der Waals surface area contributed by atoms with E-state index in [1.54, 1.807) is 67.5 Å². The number of hydrogen-bond donors (Lipinski definition) is 2. The average Bonchev–Trinajstić information content (AvgIpc) is 1.59. The van der Waals surface area contributed by atoms with Crippen LogP contribution in [0.25, 0.3) is 22.5 Å². The van der Waals surface area contributed by atoms with E-state index >= 15 is 0 Å². The Bertz CT molecular complexity index is 4140. The quantitative estimate of drug-likeness (QED) is 0.0479. The summed E-state index contributed by atoms with van der Waals surface area (Å²) >= 11 is 0. The molecular weight excluding hydrogens is 1260 g/mol. The van der Waals surface area contributed by atoms with E-state index in [-0.39, 0.29) is 120 Å². The van der Waals surface area contributed by atoms with Crippen LogP contribution in [0.2, 0.25) is 0 Å². The van der Waals surface area contributed by atoms with Crippen LogP contribution in [0.3, 0.4) is 0 Å². The van der Waals surface area contributed by atoms with Crippen molar-refractivity contribution in [2.75, 3.05) is 50.3 Å². The van der Waals surface area contributed by atoms with E-state index in [1.165, 1.54) is 7.11 Å². The molecule has 2 saturated carbocycles. The van der Waals surface area contributed by atoms with Gasteiger partial charge in [-0.15, -0.1) is 5.10 Å². The zero-order valence-electron chi connectivity index (χ0n) is 57.6. The van der Waals surface area contributed by atoms with Gasteiger partial charge >= 0.3 is 6.09 Å². The number of methoxy groups -OCH3 is 2. The van der Waals surface area contributed by atoms with E-state index in [1.807, 2.05) is 83.1 Å². The molecule has 2 saturated heterocycles. The van der Waals surface area contributed by atoms with Crippen LogP contribution in [0, 0.1) is 22.7 Å². The number of anilines is 2. The van der Waals surface area contributed by atoms with E-state index in [2.05, 4.69) is 29.5 Å². The van der Waals surface area contributed by atoms with Crippen LogP contribution in [0.5, 0.6) is 23.0 Å². The van der Waals surface area contributed by atoms with Gasteiger partial charge in [0.2, 0.25) is 11.8 Å². The molecule has 5 aromatic carbocycles. The number of carbonyl (C=O) groups excluding carboxylic acids is 7. The monoisotopic (exact) mass is 1350 g/mol. The molecule has 1 unspecified atom stereocenters. The molecule has 1 aromatic heterocycles. The van der Waals surface area contributed by atoms with Crippen molar-refractivity contribution in [2.45, 2.75) is 174 Å². The fourth-order valence-electron chi connectivity index (χ4n) is 14.9. The molecule has 22 heteroatoms. The third-order valence-corrected chi connectivity index (χ3v) is 21.1. The first-order chi connectivity index (χ1) is 47.7. The van der Waals surface area contributed by atoms with Gasteiger partial charge in [0.25, 0.3) is 11.8 Å². The van der Waals surface area contributed by atoms with Gasteiger partial charge in [0.15, 0.2) is 35.0 Å². The number of benzene rings is 5. The number of aliphatic imine (C=N–C) groups is 1. The van der Waals surface area contributed by atoms with Crippen molar-refractivity contribution in [3.05, 3.63) is 125 Å². The molecule has 5 amide bonds. The first kappa shape index (κ1) is 68.1. The highest BCUT2D eigenvalue weighted by Gasteiger charge is 2.58. The van der Waals surface area contributed by atoms with Crippen LogP contribution in [0.4, 0.5) is 21.9 Å². The molecule has 5 atom stereocenters. The van der Waals surface area contributed by atoms with Crippen molar-refractivity contribution >= 4 is 64.6 Å². The molecule has 5 aliphatic heterocycles. The summed E-state index contributed by atoms with van der Waals surface area (Å²) in [5.74, 6) is -0.451. The fraction of sp³-hybridized carbons (Fsp3) is 0.481. The molecule has 0 radical (unpaired) electrons. The Morgan fingerprint density at radius 2 is 1.31 bits per heavy atom. The SMILES string of the molecule is COc1cc2c(cc1OCCCCCOc1cc3c(cc1OC)C(=O)N1CC4(CC4)C[C@H]1C(O)N3C(=O)OCc1ccc(CC(=O)[C@H](C)NC(=O)[C@@H](CC(=O)CCCCC(=O)N3Cc4ccccc4-c4nnn(C(C)C)c4-c4ccccc43)C(C)C)cc1)N=C[C@@H]1CC3(CC3)CN1C2=O. The standard InChI is InChI=1S/C77H89N9O13/c1-46(2)56(34-53(87)18-10-14-22-68(89)82-42-51-17-9-11-19-54(51)69-70(86(47(3)4)81-80-69)55-20-12-13-21-60(55)82)71(90)79-48(5)63(88)33-49-23-25-50(26-24-49)43-99-75(94)85-61-38-67(65(96-7)36-58(61)73(92)84-45-77(29-30-77)40-62(84)74(85)93)98-32-16-8-15-31-97-66-37-59-57(35-64(66)95-6)72(91)83-44-76(27-28-76)39-52(83)41-78-59/h9,11-13,17,19-21,23-26,35-38,41,46-48,52,56,62,74,93H,8,10,14-16,18,22,27-34,39-40,42-45H2,1-7H3,(H,79,90)/t48-,52-,56-,62-,74?/m0/s1. The third kappa shape index (κ3) is 14.1. The number of rotatable bonds is 26. The van der Waals surface area contributed by atoms with Gasteiger partial charge in [-0.05, 0) is 143 Å². The number of nitrogens with one attached hydrogen (secondary N) is 1. The predicted octanol–water partition coefficient (Wildman–Crippen LogP) is 12.0. The maximum atomic E-state index is 14.5. The summed E-state index contributed by atoms with van der Waals surface area (Å²) in [6, 6.07) is 27.9. The maximum Gasteiger partial charge on any atom is 0.416 e. The van der Waals surface area contributed by atoms with E-state index in [0.717, 1.165) is 83.7 Å². The van der Waals surface area contributed by atoms with E-state index in [4.69, 9.17) is 28.7 Å². The van der Waals surface area contributed by atoms with Crippen LogP contribution in [0.1, 0.15) is 168 Å². The highest BCUT2D eigenvalue weighted by atomic mass is 16.6. The smallest absolute Gasteiger partial charge is 0.416 e. The second-order valence-corrected chi connectivity index (χ2v) is 28.8. The number of aromatic nitrogens is 3. The molecule has 99 heavy (non-hydrogen) atoms. The summed E-state index contributed by atoms with van der Waals surface area (Å²) in [6.07, 6.45) is 8.61. The van der Waals surface area contributed by atoms with E-state index in [9.17, 15) is 38.7 Å². The summed E-state index contributed by atoms with van der Waals surface area (Å²) in [7, 11) is 3.04. The van der Waals surface area contributed by atoms with Crippen molar-refractivity contribution in [3.8, 4) is 45.5 Å². The van der Waals surface area contributed by atoms with Crippen molar-refractivity contribution in [1.29, 1.82) is 0 Å². The van der Waals surface area contributed by atoms with Gasteiger partial charge in [0.1, 0.15) is 18.1 Å². The first-order valence-electron chi connectivity index (χ1n) is 35.1. The molecule has 2 N–H and O–H groups in total. The normalized spacial score (nSPS) is 19.3. The molecule has 2 aliphatic carbocycles. The number of unbranched alkanes of at least 4 members (excludes halogenated alkanes) is 3. The minimum atomic E-state index is -1.44. The zero-order valence-corrected chi connectivity index (χ0v) is 57.6. The summed E-state index contributed by atoms with van der Waals surface area (Å²) in [5.41, 5.74) is 7.94. The predicted molar refractivity (Wildman–Crippen MR) is 372 cm³/mol. The number of Topliss-reactive ketones (excluding diaryl/α,β-unsaturated/α-hetero) is 2. The van der Waals surface area contributed by atoms with E-state index in [0.29, 0.717) is 91.4 Å². The largest absolute Gasteiger partial charge is 0.493 e. The number of ketones is 2. The molecule has 520 valence electrons. The van der Waals surface area contributed by atoms with Crippen LogP contribution < -0.4 is 34.1 Å². The number of carbonyl (C=O) groups is 7. The molecule has 4 fully saturated rings. The minimum Gasteiger partial charge on any atom is -0.493 e. The van der Waals surface area contributed by atoms with Gasteiger partial charge in [-0.25, -0.2) is 14.4 Å². The summed E-state index contributed by atoms with van der Waals surface area (Å²) in [5, 5.41) is 24.2. The lowest BCUT2D eigenvalue weighted by molar-refractivity contribution is -0.133. The Morgan fingerprint density at radius 3 is 2.01 bits per heavy atom. The third-order valence-electron chi connectivity index (χ3n) is 21.1. The number of amides is 5. The second-order valence-electron chi connectivity index (χ2n) is 28.8. The van der Waals surface area contributed by atoms with Gasteiger partial charge in [-0.3, -0.25) is 33.8 Å². The Hall–Kier alpha value is -9.44. The van der Waals surface area contributed by atoms with Crippen LogP contribution in [-0.2, 0) is 43.5 Å². The lowest BCUT2D eigenvalue weighted by atomic mass is 9.88. The average molecular weight is 1350 g/mol. The lowest BCUT2D eigenvalue weighted by Gasteiger charge is -2.31. The maximum absolute atomic E-state index is 14.5. The number of fused-ring (bicyclic) bond motifs is 9. The highest BCUT2D eigenvalue weighted by molar-refractivity contribution is 6.07. The van der Waals surface area contributed by atoms with Gasteiger partial charge < -0.3 is 48.8 Å². The molecule has 2 spiro atoms. The Balaban J connectivity index is 0.581. The van der Waals surface area contributed by atoms with E-state index < -0.39 is 30.3 Å². The fourth-order valence-corrected chi connectivity index (χ4v) is 14.9. The molecule has 13 rings (SSSR count). The number of para-hydroxylation sites is 1. The van der Waals surface area contributed by atoms with Gasteiger partial charge in [-0.1, -0.05) is 85.8 Å². The first-order valence-corrected chi connectivity index (χ1v) is 35.1. The topological polar surface area (TPSA) is 254 Å². The summed E-state index contributed by atoms with van der Waals surface area (Å²) in [6.45, 7) is 11.5. The molecule has 6 aromatic rings. The number of aliphatic hydroxyl groups is 1. The Morgan fingerprint density at radius 1 is 0.677 bits per heavy atom. The number of ether oxygens (including phenoxy) is 5. The van der Waals surface area contributed by atoms with Gasteiger partial charge in [0.05, 0.1) is 86.0 Å². The number of aliphatic hydroxyl groups excluding tert-OH is 1. The molecule has 22 nitrogen and oxygen atoms in total. The summed E-state index contributed by atoms with van der Waals surface area (Å²) in [4.78, 5) is 109. The van der Waals surface area contributed by atoms with Gasteiger partial charge in [-0.2, -0.15) is 0 Å². The minimum absolute atomic E-state index is 0.000534. The van der Waals surface area contributed by atoms with Crippen molar-refractivity contribution < 1.29 is 62.4 Å². The highest BCUT2D eigenvalue weighted by Crippen LogP contribution is 2.58. The summed E-state index contributed by atoms with van der Waals surface area (Å²) < 4.78 is 31.8. The Labute approximate surface area is 577 Å². The second kappa shape index (κ2) is 28.4. The van der Waals surface area contributed by atoms with Crippen molar-refractivity contribution in [2.24, 2.45) is 27.7 Å². The zero-order chi connectivity index (χ0) is 69.4. The van der Waals surface area contributed by atoms with Gasteiger partial charge in [0, 0.05) is 80.2 Å². The molecular formula is C77H89N9O13. The van der Waals surface area contributed by atoms with Crippen molar-refractivity contribution in [3.63, 3.8) is 0 Å². The van der Waals surface area contributed by atoms with Crippen molar-refractivity contribution in [1.82, 2.24) is 30.1 Å². The number of nitrogens with zero attached hydrogens (tertiary/aromatic N) is 8. The number of hydrogen-bond acceptors (Lipinski definition) is 16. The Kier molecular flexibility index (Phi) is 19.6. The molecule has 7 aliphatic rings. The molecule has 6 heterocycles. The lowest BCUT2D eigenvalue weighted by Crippen LogP contribution is -2.50.